The van der Waals surface area contributed by atoms with Crippen LogP contribution in [-0.2, 0) is 10.0 Å². The molecule has 1 aliphatic rings. The van der Waals surface area contributed by atoms with Crippen LogP contribution in [0.4, 0.5) is 5.69 Å². The van der Waals surface area contributed by atoms with Crippen LogP contribution in [0.25, 0.3) is 10.9 Å². The predicted octanol–water partition coefficient (Wildman–Crippen LogP) is 3.94. The Morgan fingerprint density at radius 3 is 2.55 bits per heavy atom. The smallest absolute Gasteiger partial charge is 0.273 e. The molecule has 1 unspecified atom stereocenters. The summed E-state index contributed by atoms with van der Waals surface area (Å²) in [4.78, 5) is 15.6. The van der Waals surface area contributed by atoms with Crippen LogP contribution in [0.3, 0.4) is 0 Å². The van der Waals surface area contributed by atoms with Gasteiger partial charge >= 0.3 is 0 Å². The highest BCUT2D eigenvalue weighted by Crippen LogP contribution is 2.36. The fourth-order valence-electron chi connectivity index (χ4n) is 3.50. The van der Waals surface area contributed by atoms with Crippen molar-refractivity contribution >= 4 is 26.6 Å². The van der Waals surface area contributed by atoms with Crippen molar-refractivity contribution in [3.63, 3.8) is 0 Å². The van der Waals surface area contributed by atoms with Gasteiger partial charge in [-0.05, 0) is 49.2 Å². The molecule has 0 radical (unpaired) electrons. The highest BCUT2D eigenvalue weighted by molar-refractivity contribution is 7.92. The molecule has 29 heavy (non-hydrogen) atoms. The number of phenols is 1. The van der Waals surface area contributed by atoms with E-state index >= 15 is 0 Å². The third kappa shape index (κ3) is 3.69. The van der Waals surface area contributed by atoms with Crippen LogP contribution in [0.5, 0.6) is 5.75 Å². The SMILES string of the molecule is Cc1ccc(S(=O)(=O)Nc2c(C3C=CC=CC3)c3cc(O)ccc3[nH]c2=O)cc1. The van der Waals surface area contributed by atoms with E-state index in [0.717, 1.165) is 5.56 Å². The van der Waals surface area contributed by atoms with Gasteiger partial charge in [0, 0.05) is 16.8 Å². The summed E-state index contributed by atoms with van der Waals surface area (Å²) in [6.45, 7) is 1.87. The van der Waals surface area contributed by atoms with Crippen LogP contribution >= 0.6 is 0 Å². The topological polar surface area (TPSA) is 99.3 Å². The van der Waals surface area contributed by atoms with Crippen LogP contribution in [0, 0.1) is 6.92 Å². The molecule has 4 rings (SSSR count). The van der Waals surface area contributed by atoms with Crippen molar-refractivity contribution < 1.29 is 13.5 Å². The highest BCUT2D eigenvalue weighted by Gasteiger charge is 2.24. The van der Waals surface area contributed by atoms with E-state index in [1.54, 1.807) is 18.2 Å². The normalized spacial score (nSPS) is 16.2. The molecule has 2 aromatic carbocycles. The molecule has 6 nitrogen and oxygen atoms in total. The molecule has 0 saturated heterocycles. The van der Waals surface area contributed by atoms with E-state index in [4.69, 9.17) is 0 Å². The molecule has 0 amide bonds. The third-order valence-electron chi connectivity index (χ3n) is 4.96. The number of hydrogen-bond donors (Lipinski definition) is 3. The maximum absolute atomic E-state index is 13.0. The molecule has 3 aromatic rings. The third-order valence-corrected chi connectivity index (χ3v) is 6.32. The molecule has 3 N–H and O–H groups in total. The van der Waals surface area contributed by atoms with Crippen LogP contribution in [0.1, 0.15) is 23.5 Å². The van der Waals surface area contributed by atoms with Crippen molar-refractivity contribution in [2.45, 2.75) is 24.2 Å². The number of hydrogen-bond acceptors (Lipinski definition) is 4. The van der Waals surface area contributed by atoms with E-state index in [2.05, 4.69) is 9.71 Å². The number of nitrogens with one attached hydrogen (secondary N) is 2. The summed E-state index contributed by atoms with van der Waals surface area (Å²) in [7, 11) is -3.97. The van der Waals surface area contributed by atoms with Crippen molar-refractivity contribution in [2.24, 2.45) is 0 Å². The lowest BCUT2D eigenvalue weighted by molar-refractivity contribution is 0.476. The maximum atomic E-state index is 13.0. The van der Waals surface area contributed by atoms with Crippen molar-refractivity contribution in [1.29, 1.82) is 0 Å². The summed E-state index contributed by atoms with van der Waals surface area (Å²) in [5.41, 5.74) is 1.44. The number of aryl methyl sites for hydroxylation is 1. The first-order valence-electron chi connectivity index (χ1n) is 9.17. The van der Waals surface area contributed by atoms with Gasteiger partial charge in [0.05, 0.1) is 4.90 Å². The van der Waals surface area contributed by atoms with Gasteiger partial charge < -0.3 is 10.1 Å². The minimum Gasteiger partial charge on any atom is -0.508 e. The van der Waals surface area contributed by atoms with E-state index in [0.29, 0.717) is 22.9 Å². The number of aromatic hydroxyl groups is 1. The molecular formula is C22H20N2O4S. The Labute approximate surface area is 168 Å². The second-order valence-corrected chi connectivity index (χ2v) is 8.73. The molecule has 148 valence electrons. The van der Waals surface area contributed by atoms with Gasteiger partial charge in [-0.1, -0.05) is 42.0 Å². The van der Waals surface area contributed by atoms with E-state index in [1.807, 2.05) is 31.2 Å². The molecule has 0 fully saturated rings. The van der Waals surface area contributed by atoms with Gasteiger partial charge in [-0.15, -0.1) is 0 Å². The molecule has 0 spiro atoms. The van der Waals surface area contributed by atoms with Crippen LogP contribution < -0.4 is 10.3 Å². The number of aromatic amines is 1. The van der Waals surface area contributed by atoms with Crippen LogP contribution in [-0.4, -0.2) is 18.5 Å². The Kier molecular flexibility index (Phi) is 4.76. The molecule has 0 aliphatic heterocycles. The van der Waals surface area contributed by atoms with Crippen molar-refractivity contribution in [2.75, 3.05) is 4.72 Å². The number of pyridine rings is 1. The van der Waals surface area contributed by atoms with Crippen molar-refractivity contribution in [3.05, 3.63) is 88.2 Å². The summed E-state index contributed by atoms with van der Waals surface area (Å²) in [5.74, 6) is -0.171. The number of H-pyrrole nitrogens is 1. The number of fused-ring (bicyclic) bond motifs is 1. The molecule has 0 bridgehead atoms. The van der Waals surface area contributed by atoms with Gasteiger partial charge in [0.15, 0.2) is 0 Å². The van der Waals surface area contributed by atoms with Crippen LogP contribution in [0.2, 0.25) is 0 Å². The Bertz CT molecular complexity index is 1300. The van der Waals surface area contributed by atoms with E-state index in [-0.39, 0.29) is 22.3 Å². The summed E-state index contributed by atoms with van der Waals surface area (Å²) < 4.78 is 28.4. The average Bonchev–Trinajstić information content (AvgIpc) is 2.70. The summed E-state index contributed by atoms with van der Waals surface area (Å²) in [6, 6.07) is 11.0. The minimum atomic E-state index is -3.97. The van der Waals surface area contributed by atoms with Gasteiger partial charge in [-0.3, -0.25) is 9.52 Å². The fraction of sp³-hybridized carbons (Fsp3) is 0.136. The summed E-state index contributed by atoms with van der Waals surface area (Å²) in [5, 5.41) is 10.6. The Balaban J connectivity index is 1.92. The Morgan fingerprint density at radius 2 is 1.86 bits per heavy atom. The van der Waals surface area contributed by atoms with Gasteiger partial charge in [0.2, 0.25) is 0 Å². The van der Waals surface area contributed by atoms with Crippen molar-refractivity contribution in [3.8, 4) is 5.75 Å². The average molecular weight is 408 g/mol. The number of rotatable bonds is 4. The van der Waals surface area contributed by atoms with Gasteiger partial charge in [-0.2, -0.15) is 0 Å². The van der Waals surface area contributed by atoms with E-state index < -0.39 is 15.6 Å². The molecular weight excluding hydrogens is 388 g/mol. The molecule has 1 atom stereocenters. The molecule has 1 aliphatic carbocycles. The fourth-order valence-corrected chi connectivity index (χ4v) is 4.58. The predicted molar refractivity (Wildman–Crippen MR) is 114 cm³/mol. The van der Waals surface area contributed by atoms with Crippen LogP contribution in [0.15, 0.2) is 76.5 Å². The summed E-state index contributed by atoms with van der Waals surface area (Å²) >= 11 is 0. The zero-order chi connectivity index (χ0) is 20.6. The monoisotopic (exact) mass is 408 g/mol. The number of sulfonamides is 1. The zero-order valence-electron chi connectivity index (χ0n) is 15.7. The summed E-state index contributed by atoms with van der Waals surface area (Å²) in [6.07, 6.45) is 8.26. The van der Waals surface area contributed by atoms with E-state index in [9.17, 15) is 18.3 Å². The lowest BCUT2D eigenvalue weighted by Crippen LogP contribution is -2.23. The molecule has 1 heterocycles. The maximum Gasteiger partial charge on any atom is 0.273 e. The molecule has 7 heteroatoms. The second-order valence-electron chi connectivity index (χ2n) is 7.05. The highest BCUT2D eigenvalue weighted by atomic mass is 32.2. The number of allylic oxidation sites excluding steroid dienone is 4. The van der Waals surface area contributed by atoms with Gasteiger partial charge in [0.1, 0.15) is 11.4 Å². The Hall–Kier alpha value is -3.32. The quantitative estimate of drug-likeness (QED) is 0.609. The first-order chi connectivity index (χ1) is 13.8. The number of aromatic nitrogens is 1. The molecule has 0 saturated carbocycles. The molecule has 1 aromatic heterocycles. The van der Waals surface area contributed by atoms with Gasteiger partial charge in [-0.25, -0.2) is 8.42 Å². The van der Waals surface area contributed by atoms with E-state index in [1.165, 1.54) is 24.3 Å². The Morgan fingerprint density at radius 1 is 1.10 bits per heavy atom. The standard InChI is InChI=1S/C22H20N2O4S/c1-14-7-10-17(11-8-14)29(27,28)24-21-20(15-5-3-2-4-6-15)18-13-16(25)9-12-19(18)23-22(21)26/h2-5,7-13,15,24-25H,6H2,1H3,(H,23,26). The van der Waals surface area contributed by atoms with Gasteiger partial charge in [0.25, 0.3) is 15.6 Å². The minimum absolute atomic E-state index is 0.0337. The lowest BCUT2D eigenvalue weighted by Gasteiger charge is -2.20. The first kappa shape index (κ1) is 19.0. The first-order valence-corrected chi connectivity index (χ1v) is 10.7. The largest absolute Gasteiger partial charge is 0.508 e. The number of benzene rings is 2. The van der Waals surface area contributed by atoms with Crippen molar-refractivity contribution in [1.82, 2.24) is 4.98 Å². The lowest BCUT2D eigenvalue weighted by atomic mass is 9.89. The number of anilines is 1. The second kappa shape index (κ2) is 7.25. The zero-order valence-corrected chi connectivity index (χ0v) is 16.5. The number of phenolic OH excluding ortho intramolecular Hbond substituents is 1.